The molecule has 11 heteroatoms. The Morgan fingerprint density at radius 1 is 1.07 bits per heavy atom. The molecule has 2 bridgehead atoms. The molecule has 0 radical (unpaired) electrons. The third-order valence-electron chi connectivity index (χ3n) is 9.92. The lowest BCUT2D eigenvalue weighted by Crippen LogP contribution is -2.51. The summed E-state index contributed by atoms with van der Waals surface area (Å²) >= 11 is 6.92. The topological polar surface area (TPSA) is 62.8 Å². The number of piperazine rings is 1. The van der Waals surface area contributed by atoms with Crippen LogP contribution in [0.5, 0.6) is 11.8 Å². The van der Waals surface area contributed by atoms with Crippen molar-refractivity contribution in [3.8, 4) is 22.9 Å². The van der Waals surface area contributed by atoms with Gasteiger partial charge in [0.15, 0.2) is 5.82 Å². The molecule has 4 fully saturated rings. The minimum absolute atomic E-state index is 0.0162. The highest BCUT2D eigenvalue weighted by molar-refractivity contribution is 6.35. The van der Waals surface area contributed by atoms with E-state index in [0.29, 0.717) is 60.7 Å². The maximum Gasteiger partial charge on any atom is 0.319 e. The second-order valence-electron chi connectivity index (χ2n) is 12.8. The Bertz CT molecular complexity index is 1780. The quantitative estimate of drug-likeness (QED) is 0.265. The molecule has 4 saturated heterocycles. The summed E-state index contributed by atoms with van der Waals surface area (Å²) in [5, 5.41) is 6.05. The lowest BCUT2D eigenvalue weighted by atomic mass is 9.94. The summed E-state index contributed by atoms with van der Waals surface area (Å²) in [6.07, 6.45) is 3.29. The molecule has 0 saturated carbocycles. The molecular formula is C33H33ClF3N5O2. The first-order valence-corrected chi connectivity index (χ1v) is 15.6. The molecule has 4 aliphatic rings. The summed E-state index contributed by atoms with van der Waals surface area (Å²) in [5.41, 5.74) is 0.0983. The van der Waals surface area contributed by atoms with E-state index in [1.54, 1.807) is 19.2 Å². The zero-order valence-corrected chi connectivity index (χ0v) is 25.1. The maximum atomic E-state index is 16.9. The van der Waals surface area contributed by atoms with Crippen LogP contribution in [0.4, 0.5) is 19.0 Å². The van der Waals surface area contributed by atoms with Crippen LogP contribution in [0.1, 0.15) is 32.1 Å². The fraction of sp³-hybridized carbons (Fsp3) is 0.455. The Morgan fingerprint density at radius 3 is 2.66 bits per heavy atom. The predicted octanol–water partition coefficient (Wildman–Crippen LogP) is 6.44. The van der Waals surface area contributed by atoms with E-state index >= 15 is 4.39 Å². The summed E-state index contributed by atoms with van der Waals surface area (Å²) < 4.78 is 57.6. The fourth-order valence-electron chi connectivity index (χ4n) is 7.96. The summed E-state index contributed by atoms with van der Waals surface area (Å²) in [5.74, 6) is -2.24. The van der Waals surface area contributed by atoms with Crippen LogP contribution < -0.4 is 19.7 Å². The summed E-state index contributed by atoms with van der Waals surface area (Å²) in [7, 11) is 1.57. The number of methoxy groups -OCH3 is 1. The second kappa shape index (κ2) is 10.4. The van der Waals surface area contributed by atoms with Gasteiger partial charge in [-0.3, -0.25) is 4.90 Å². The van der Waals surface area contributed by atoms with Gasteiger partial charge in [-0.1, -0.05) is 35.9 Å². The Kier molecular flexibility index (Phi) is 6.63. The number of anilines is 1. The van der Waals surface area contributed by atoms with Gasteiger partial charge in [-0.15, -0.1) is 0 Å². The standard InChI is InChI=1S/C33H33ClF3N5O2/c1-43-22-11-19-5-2-3-6-23(19)24(12-22)27-26(34)13-25-29(28(27)35)39-31(40-30(25)41-14-20-7-8-21(15-41)38-20)44-18-32-9-4-10-42(32)17-33(36,37)16-32/h2-3,5-6,11-13,20-21,38H,4,7-10,14-18H2,1H3. The SMILES string of the molecule is COc1cc(-c2c(Cl)cc3c(N4CC5CCC(C4)N5)nc(OCC45CCCN4CC(F)(F)C5)nc3c2F)c2ccccc2c1. The molecular weight excluding hydrogens is 591 g/mol. The van der Waals surface area contributed by atoms with Crippen molar-refractivity contribution in [1.82, 2.24) is 20.2 Å². The molecule has 0 spiro atoms. The molecule has 7 nitrogen and oxygen atoms in total. The van der Waals surface area contributed by atoms with E-state index in [9.17, 15) is 8.78 Å². The molecule has 230 valence electrons. The maximum absolute atomic E-state index is 16.9. The van der Waals surface area contributed by atoms with Gasteiger partial charge in [-0.2, -0.15) is 9.97 Å². The van der Waals surface area contributed by atoms with Gasteiger partial charge in [0.25, 0.3) is 5.92 Å². The van der Waals surface area contributed by atoms with Gasteiger partial charge >= 0.3 is 6.01 Å². The number of aromatic nitrogens is 2. The Balaban J connectivity index is 1.27. The Labute approximate surface area is 258 Å². The van der Waals surface area contributed by atoms with Crippen molar-refractivity contribution in [3.05, 3.63) is 53.3 Å². The van der Waals surface area contributed by atoms with Crippen LogP contribution >= 0.6 is 11.6 Å². The number of halogens is 4. The highest BCUT2D eigenvalue weighted by Crippen LogP contribution is 2.47. The average Bonchev–Trinajstić information content (AvgIpc) is 3.63. The van der Waals surface area contributed by atoms with Crippen LogP contribution in [-0.4, -0.2) is 78.3 Å². The van der Waals surface area contributed by atoms with Crippen molar-refractivity contribution in [2.24, 2.45) is 0 Å². The molecule has 44 heavy (non-hydrogen) atoms. The molecule has 1 N–H and O–H groups in total. The minimum atomic E-state index is -2.77. The van der Waals surface area contributed by atoms with E-state index in [1.807, 2.05) is 35.2 Å². The van der Waals surface area contributed by atoms with Crippen molar-refractivity contribution >= 4 is 39.1 Å². The van der Waals surface area contributed by atoms with Crippen LogP contribution in [0, 0.1) is 5.82 Å². The zero-order chi connectivity index (χ0) is 30.2. The Morgan fingerprint density at radius 2 is 1.86 bits per heavy atom. The first-order valence-electron chi connectivity index (χ1n) is 15.3. The van der Waals surface area contributed by atoms with Gasteiger partial charge in [-0.05, 0) is 66.8 Å². The van der Waals surface area contributed by atoms with Gasteiger partial charge in [0.2, 0.25) is 0 Å². The highest BCUT2D eigenvalue weighted by atomic mass is 35.5. The monoisotopic (exact) mass is 623 g/mol. The van der Waals surface area contributed by atoms with E-state index in [2.05, 4.69) is 15.2 Å². The summed E-state index contributed by atoms with van der Waals surface area (Å²) in [4.78, 5) is 13.4. The van der Waals surface area contributed by atoms with Crippen molar-refractivity contribution in [2.45, 2.75) is 55.6 Å². The lowest BCUT2D eigenvalue weighted by molar-refractivity contribution is 0.00804. The van der Waals surface area contributed by atoms with E-state index in [0.717, 1.165) is 30.0 Å². The van der Waals surface area contributed by atoms with Gasteiger partial charge < -0.3 is 19.7 Å². The average molecular weight is 624 g/mol. The molecule has 0 amide bonds. The number of benzene rings is 3. The highest BCUT2D eigenvalue weighted by Gasteiger charge is 2.57. The number of hydrogen-bond donors (Lipinski definition) is 1. The minimum Gasteiger partial charge on any atom is -0.497 e. The van der Waals surface area contributed by atoms with Crippen LogP contribution in [-0.2, 0) is 0 Å². The van der Waals surface area contributed by atoms with E-state index in [4.69, 9.17) is 26.1 Å². The number of nitrogens with zero attached hydrogens (tertiary/aromatic N) is 4. The van der Waals surface area contributed by atoms with E-state index in [-0.39, 0.29) is 41.7 Å². The molecule has 4 aromatic rings. The fourth-order valence-corrected chi connectivity index (χ4v) is 8.26. The van der Waals surface area contributed by atoms with Crippen LogP contribution in [0.2, 0.25) is 5.02 Å². The third-order valence-corrected chi connectivity index (χ3v) is 10.2. The molecule has 8 rings (SSSR count). The van der Waals surface area contributed by atoms with Gasteiger partial charge in [0.1, 0.15) is 23.7 Å². The zero-order valence-electron chi connectivity index (χ0n) is 24.4. The number of rotatable bonds is 6. The van der Waals surface area contributed by atoms with E-state index < -0.39 is 17.3 Å². The summed E-state index contributed by atoms with van der Waals surface area (Å²) in [6, 6.07) is 13.7. The normalized spacial score (nSPS) is 26.1. The van der Waals surface area contributed by atoms with Crippen molar-refractivity contribution in [3.63, 3.8) is 0 Å². The van der Waals surface area contributed by atoms with Gasteiger partial charge in [0.05, 0.1) is 24.2 Å². The number of alkyl halides is 2. The van der Waals surface area contributed by atoms with Gasteiger partial charge in [0, 0.05) is 42.5 Å². The number of ether oxygens (including phenoxy) is 2. The lowest BCUT2D eigenvalue weighted by Gasteiger charge is -2.34. The molecule has 3 atom stereocenters. The molecule has 3 unspecified atom stereocenters. The van der Waals surface area contributed by atoms with Crippen molar-refractivity contribution in [1.29, 1.82) is 0 Å². The van der Waals surface area contributed by atoms with Crippen molar-refractivity contribution < 1.29 is 22.6 Å². The van der Waals surface area contributed by atoms with Crippen molar-refractivity contribution in [2.75, 3.05) is 44.8 Å². The molecule has 4 aliphatic heterocycles. The van der Waals surface area contributed by atoms with Gasteiger partial charge in [-0.25, -0.2) is 13.2 Å². The van der Waals surface area contributed by atoms with Crippen LogP contribution in [0.3, 0.4) is 0 Å². The van der Waals surface area contributed by atoms with E-state index in [1.165, 1.54) is 0 Å². The Hall–Kier alpha value is -3.34. The molecule has 3 aromatic carbocycles. The number of fused-ring (bicyclic) bond motifs is 5. The predicted molar refractivity (Wildman–Crippen MR) is 165 cm³/mol. The summed E-state index contributed by atoms with van der Waals surface area (Å²) in [6.45, 7) is 1.76. The molecule has 1 aromatic heterocycles. The van der Waals surface area contributed by atoms with Crippen LogP contribution in [0.25, 0.3) is 32.8 Å². The first-order chi connectivity index (χ1) is 21.2. The molecule has 5 heterocycles. The first kappa shape index (κ1) is 28.2. The second-order valence-corrected chi connectivity index (χ2v) is 13.2. The molecule has 0 aliphatic carbocycles. The third kappa shape index (κ3) is 4.64. The number of nitrogens with one attached hydrogen (secondary N) is 1. The smallest absolute Gasteiger partial charge is 0.319 e. The van der Waals surface area contributed by atoms with Crippen LogP contribution in [0.15, 0.2) is 42.5 Å². The number of hydrogen-bond acceptors (Lipinski definition) is 7. The largest absolute Gasteiger partial charge is 0.497 e.